The number of hydrogen-bond donors (Lipinski definition) is 2. The second-order valence-corrected chi connectivity index (χ2v) is 4.60. The highest BCUT2D eigenvalue weighted by Crippen LogP contribution is 2.24. The second-order valence-electron chi connectivity index (χ2n) is 3.92. The van der Waals surface area contributed by atoms with E-state index in [9.17, 15) is 23.5 Å². The number of azo groups is 1. The van der Waals surface area contributed by atoms with Crippen LogP contribution in [0.25, 0.3) is 0 Å². The number of rotatable bonds is 5. The molecule has 0 amide bonds. The Bertz CT molecular complexity index is 741. The Hall–Kier alpha value is -2.71. The van der Waals surface area contributed by atoms with Crippen molar-refractivity contribution in [2.75, 3.05) is 11.8 Å². The number of aliphatic hydroxyl groups is 1. The number of cyclic esters (lactones) is 1. The average Bonchev–Trinajstić information content (AvgIpc) is 2.97. The van der Waals surface area contributed by atoms with Gasteiger partial charge in [0.2, 0.25) is 17.6 Å². The number of ether oxygens (including phenoxy) is 2. The highest BCUT2D eigenvalue weighted by molar-refractivity contribution is 7.80. The number of aliphatic hydroxyl groups excluding tert-OH is 1. The monoisotopic (exact) mass is 345 g/mol. The Morgan fingerprint density at radius 2 is 2.22 bits per heavy atom. The molecule has 1 aliphatic rings. The van der Waals surface area contributed by atoms with Crippen LogP contribution in [0.2, 0.25) is 0 Å². The molecule has 0 aromatic carbocycles. The maximum Gasteiger partial charge on any atom is 0.365 e. The molecule has 2 unspecified atom stereocenters. The molecule has 0 saturated heterocycles. The minimum absolute atomic E-state index is 0.415. The van der Waals surface area contributed by atoms with Crippen LogP contribution in [0, 0.1) is 0 Å². The van der Waals surface area contributed by atoms with E-state index in [1.807, 2.05) is 4.72 Å². The predicted molar refractivity (Wildman–Crippen MR) is 69.9 cm³/mol. The largest absolute Gasteiger partial charge is 0.755 e. The van der Waals surface area contributed by atoms with Crippen LogP contribution in [0.3, 0.4) is 0 Å². The Kier molecular flexibility index (Phi) is 4.77. The summed E-state index contributed by atoms with van der Waals surface area (Å²) in [6.45, 7) is 1.10. The van der Waals surface area contributed by atoms with Crippen LogP contribution in [0.4, 0.5) is 11.9 Å². The van der Waals surface area contributed by atoms with Crippen molar-refractivity contribution in [1.82, 2.24) is 14.8 Å². The fraction of sp³-hybridized carbons (Fsp3) is 0.333. The number of anilines is 1. The zero-order valence-electron chi connectivity index (χ0n) is 11.6. The van der Waals surface area contributed by atoms with Crippen LogP contribution >= 0.6 is 0 Å². The molecular formula is C9H9N6O7S-. The van der Waals surface area contributed by atoms with Crippen molar-refractivity contribution >= 4 is 35.0 Å². The van der Waals surface area contributed by atoms with Crippen molar-refractivity contribution in [3.8, 4) is 0 Å². The van der Waals surface area contributed by atoms with Crippen LogP contribution in [0.1, 0.15) is 11.7 Å². The van der Waals surface area contributed by atoms with Gasteiger partial charge in [-0.1, -0.05) is 0 Å². The Balaban J connectivity index is 2.35. The van der Waals surface area contributed by atoms with Crippen LogP contribution in [0.15, 0.2) is 21.7 Å². The van der Waals surface area contributed by atoms with Crippen molar-refractivity contribution in [3.63, 3.8) is 0 Å². The molecule has 2 heterocycles. The lowest BCUT2D eigenvalue weighted by molar-refractivity contribution is -0.158. The van der Waals surface area contributed by atoms with E-state index in [1.54, 1.807) is 0 Å². The summed E-state index contributed by atoms with van der Waals surface area (Å²) in [4.78, 5) is 23.0. The number of nitrogens with one attached hydrogen (secondary N) is 1. The molecule has 2 N–H and O–H groups in total. The maximum absolute atomic E-state index is 11.5. The summed E-state index contributed by atoms with van der Waals surface area (Å²) < 4.78 is 33.0. The number of nitrogens with zero attached hydrogens (tertiary/aromatic N) is 5. The molecule has 1 aromatic rings. The van der Waals surface area contributed by atoms with Gasteiger partial charge in [0.25, 0.3) is 12.2 Å². The number of carbonyl (C=O) groups is 2. The van der Waals surface area contributed by atoms with Crippen LogP contribution < -0.4 is 4.72 Å². The molecule has 124 valence electrons. The first-order chi connectivity index (χ1) is 10.8. The van der Waals surface area contributed by atoms with Gasteiger partial charge in [-0.25, -0.2) is 9.36 Å². The van der Waals surface area contributed by atoms with E-state index >= 15 is 0 Å². The standard InChI is InChI=1S/C9H10N6O7S/c1-3(16)15-8(12-13-9(15)14-23(19)20)11-10-4-5(17)7(21-2)22-6(4)18/h7,17H,1-2H3,(H,13,14)(H,19,20)/p-1. The molecule has 0 aliphatic carbocycles. The molecule has 0 bridgehead atoms. The van der Waals surface area contributed by atoms with Crippen molar-refractivity contribution in [3.05, 3.63) is 11.5 Å². The normalized spacial score (nSPS) is 19.3. The lowest BCUT2D eigenvalue weighted by Gasteiger charge is -2.07. The SMILES string of the molecule is COC1OC(=O)C(N=Nc2nnc(NS(=O)[O-])n2C(C)=O)=C1O. The third-order valence-corrected chi connectivity index (χ3v) is 2.81. The zero-order valence-corrected chi connectivity index (χ0v) is 12.4. The summed E-state index contributed by atoms with van der Waals surface area (Å²) in [6, 6.07) is 0. The molecule has 1 aliphatic heterocycles. The van der Waals surface area contributed by atoms with Gasteiger partial charge < -0.3 is 19.1 Å². The summed E-state index contributed by atoms with van der Waals surface area (Å²) in [5.41, 5.74) is -0.545. The van der Waals surface area contributed by atoms with Gasteiger partial charge in [0.1, 0.15) is 0 Å². The number of methoxy groups -OCH3 is 1. The van der Waals surface area contributed by atoms with E-state index in [0.717, 1.165) is 6.92 Å². The highest BCUT2D eigenvalue weighted by atomic mass is 32.2. The quantitative estimate of drug-likeness (QED) is 0.405. The number of aromatic nitrogens is 3. The minimum atomic E-state index is -2.74. The Labute approximate surface area is 130 Å². The molecule has 14 heteroatoms. The first-order valence-corrected chi connectivity index (χ1v) is 6.83. The van der Waals surface area contributed by atoms with Gasteiger partial charge in [-0.05, 0) is 0 Å². The van der Waals surface area contributed by atoms with Crippen molar-refractivity contribution in [1.29, 1.82) is 0 Å². The fourth-order valence-electron chi connectivity index (χ4n) is 1.54. The van der Waals surface area contributed by atoms with E-state index in [2.05, 4.69) is 29.9 Å². The van der Waals surface area contributed by atoms with E-state index in [1.165, 1.54) is 7.11 Å². The highest BCUT2D eigenvalue weighted by Gasteiger charge is 2.35. The first kappa shape index (κ1) is 16.7. The molecule has 0 radical (unpaired) electrons. The minimum Gasteiger partial charge on any atom is -0.755 e. The molecule has 1 aromatic heterocycles. The third kappa shape index (κ3) is 3.38. The molecular weight excluding hydrogens is 336 g/mol. The second kappa shape index (κ2) is 6.59. The summed E-state index contributed by atoms with van der Waals surface area (Å²) in [6.07, 6.45) is -1.30. The van der Waals surface area contributed by atoms with Gasteiger partial charge in [0.15, 0.2) is 5.76 Å². The van der Waals surface area contributed by atoms with Crippen molar-refractivity contribution in [2.24, 2.45) is 10.2 Å². The van der Waals surface area contributed by atoms with Gasteiger partial charge >= 0.3 is 5.97 Å². The molecule has 2 rings (SSSR count). The summed E-state index contributed by atoms with van der Waals surface area (Å²) in [5.74, 6) is -3.10. The molecule has 2 atom stereocenters. The van der Waals surface area contributed by atoms with Crippen LogP contribution in [-0.2, 0) is 25.5 Å². The smallest absolute Gasteiger partial charge is 0.365 e. The molecule has 0 saturated carbocycles. The summed E-state index contributed by atoms with van der Waals surface area (Å²) in [5, 5.41) is 23.4. The topological polar surface area (TPSA) is 180 Å². The van der Waals surface area contributed by atoms with Crippen LogP contribution in [-0.4, -0.2) is 53.9 Å². The van der Waals surface area contributed by atoms with Gasteiger partial charge in [-0.3, -0.25) is 13.7 Å². The van der Waals surface area contributed by atoms with Crippen molar-refractivity contribution < 1.29 is 32.9 Å². The van der Waals surface area contributed by atoms with Gasteiger partial charge in [-0.15, -0.1) is 20.4 Å². The summed E-state index contributed by atoms with van der Waals surface area (Å²) >= 11 is -2.74. The van der Waals surface area contributed by atoms with E-state index in [4.69, 9.17) is 0 Å². The Morgan fingerprint density at radius 3 is 2.74 bits per heavy atom. The molecule has 0 fully saturated rings. The zero-order chi connectivity index (χ0) is 17.1. The van der Waals surface area contributed by atoms with E-state index in [-0.39, 0.29) is 0 Å². The van der Waals surface area contributed by atoms with Gasteiger partial charge in [0.05, 0.1) is 0 Å². The fourth-order valence-corrected chi connectivity index (χ4v) is 1.82. The number of carbonyl (C=O) groups excluding carboxylic acids is 2. The lowest BCUT2D eigenvalue weighted by Crippen LogP contribution is -2.13. The molecule has 0 spiro atoms. The van der Waals surface area contributed by atoms with E-state index in [0.29, 0.717) is 4.57 Å². The molecule has 13 nitrogen and oxygen atoms in total. The maximum atomic E-state index is 11.5. The van der Waals surface area contributed by atoms with Gasteiger partial charge in [0, 0.05) is 25.3 Å². The van der Waals surface area contributed by atoms with Crippen LogP contribution in [0.5, 0.6) is 0 Å². The van der Waals surface area contributed by atoms with Gasteiger partial charge in [-0.2, -0.15) is 0 Å². The van der Waals surface area contributed by atoms with E-state index < -0.39 is 52.8 Å². The predicted octanol–water partition coefficient (Wildman–Crippen LogP) is -0.473. The Morgan fingerprint density at radius 1 is 1.52 bits per heavy atom. The first-order valence-electron chi connectivity index (χ1n) is 5.76. The average molecular weight is 345 g/mol. The lowest BCUT2D eigenvalue weighted by atomic mass is 10.4. The number of esters is 1. The summed E-state index contributed by atoms with van der Waals surface area (Å²) in [7, 11) is 1.20. The van der Waals surface area contributed by atoms with Crippen molar-refractivity contribution in [2.45, 2.75) is 13.2 Å². The third-order valence-electron chi connectivity index (χ3n) is 2.46. The molecule has 23 heavy (non-hydrogen) atoms. The number of hydrogen-bond acceptors (Lipinski definition) is 11.